The van der Waals surface area contributed by atoms with Crippen LogP contribution in [0.1, 0.15) is 24.2 Å². The van der Waals surface area contributed by atoms with E-state index < -0.39 is 17.9 Å². The summed E-state index contributed by atoms with van der Waals surface area (Å²) in [4.78, 5) is 36.5. The number of nitrogens with zero attached hydrogens (tertiary/aromatic N) is 12. The van der Waals surface area contributed by atoms with Gasteiger partial charge in [0.05, 0.1) is 86.9 Å². The zero-order chi connectivity index (χ0) is 43.1. The lowest BCUT2D eigenvalue weighted by atomic mass is 10.2. The van der Waals surface area contributed by atoms with E-state index >= 15 is 0 Å². The molecule has 4 aliphatic rings. The van der Waals surface area contributed by atoms with Gasteiger partial charge >= 0.3 is 0 Å². The van der Waals surface area contributed by atoms with Gasteiger partial charge in [-0.15, -0.1) is 0 Å². The molecule has 0 aromatic carbocycles. The van der Waals surface area contributed by atoms with Gasteiger partial charge in [-0.1, -0.05) is 0 Å². The van der Waals surface area contributed by atoms with E-state index in [1.54, 1.807) is 70.3 Å². The highest BCUT2D eigenvalue weighted by molar-refractivity contribution is 6.28. The molecule has 6 aromatic rings. The van der Waals surface area contributed by atoms with Gasteiger partial charge in [-0.25, -0.2) is 47.5 Å². The van der Waals surface area contributed by atoms with Gasteiger partial charge in [0.25, 0.3) is 11.8 Å². The van der Waals surface area contributed by atoms with Gasteiger partial charge in [-0.05, 0) is 25.4 Å². The van der Waals surface area contributed by atoms with E-state index in [1.165, 1.54) is 12.4 Å². The monoisotopic (exact) mass is 866 g/mol. The third kappa shape index (κ3) is 8.93. The number of nitrogens with one attached hydrogen (secondary N) is 1. The number of aromatic nitrogens is 10. The molecule has 3 N–H and O–H groups in total. The first kappa shape index (κ1) is 41.0. The normalized spacial score (nSPS) is 18.7. The van der Waals surface area contributed by atoms with Crippen LogP contribution in [0, 0.1) is 13.8 Å². The largest absolute Gasteiger partial charge is 0.493 e. The summed E-state index contributed by atoms with van der Waals surface area (Å²) in [7, 11) is 3.14. The van der Waals surface area contributed by atoms with Crippen LogP contribution in [0.3, 0.4) is 0 Å². The van der Waals surface area contributed by atoms with Gasteiger partial charge in [0, 0.05) is 37.4 Å². The summed E-state index contributed by atoms with van der Waals surface area (Å²) in [6, 6.07) is 2.77. The molecule has 18 nitrogen and oxygen atoms in total. The number of alkyl halides is 4. The molecule has 10 rings (SSSR count). The van der Waals surface area contributed by atoms with Crippen LogP contribution < -0.4 is 39.8 Å². The van der Waals surface area contributed by atoms with Crippen molar-refractivity contribution in [3.63, 3.8) is 0 Å². The Morgan fingerprint density at radius 2 is 1.23 bits per heavy atom. The molecule has 0 spiro atoms. The second-order valence-corrected chi connectivity index (χ2v) is 14.9. The molecule has 0 bridgehead atoms. The molecule has 6 aromatic heterocycles. The number of methoxy groups -OCH3 is 2. The van der Waals surface area contributed by atoms with Crippen molar-refractivity contribution >= 4 is 40.6 Å². The van der Waals surface area contributed by atoms with E-state index in [1.807, 2.05) is 26.2 Å². The van der Waals surface area contributed by atoms with Crippen molar-refractivity contribution in [1.82, 2.24) is 49.0 Å². The molecule has 2 atom stereocenters. The Balaban J connectivity index is 0.000000139. The first-order valence-corrected chi connectivity index (χ1v) is 19.1. The molecular formula is C38H39ClF4N14O4. The minimum Gasteiger partial charge on any atom is -0.493 e. The maximum Gasteiger partial charge on any atom is 0.267 e. The number of fused-ring (bicyclic) bond motifs is 6. The third-order valence-corrected chi connectivity index (χ3v) is 10.1. The molecule has 61 heavy (non-hydrogen) atoms. The number of aryl methyl sites for hydroxylation is 2. The number of imidazole rings is 2. The van der Waals surface area contributed by atoms with Crippen LogP contribution in [0.5, 0.6) is 23.0 Å². The number of anilines is 5. The van der Waals surface area contributed by atoms with Crippen LogP contribution in [0.2, 0.25) is 5.28 Å². The van der Waals surface area contributed by atoms with E-state index in [9.17, 15) is 17.6 Å². The van der Waals surface area contributed by atoms with Crippen LogP contribution in [-0.2, 0) is 0 Å². The second-order valence-electron chi connectivity index (χ2n) is 14.5. The quantitative estimate of drug-likeness (QED) is 0.154. The maximum atomic E-state index is 13.9. The molecule has 10 heterocycles. The highest BCUT2D eigenvalue weighted by Gasteiger charge is 2.49. The first-order chi connectivity index (χ1) is 29.2. The maximum absolute atomic E-state index is 13.9. The van der Waals surface area contributed by atoms with Crippen LogP contribution in [0.25, 0.3) is 11.6 Å². The summed E-state index contributed by atoms with van der Waals surface area (Å²) >= 11 is 5.65. The van der Waals surface area contributed by atoms with Crippen LogP contribution in [0.4, 0.5) is 46.5 Å². The summed E-state index contributed by atoms with van der Waals surface area (Å²) in [5.74, 6) is -1.21. The van der Waals surface area contributed by atoms with E-state index in [4.69, 9.17) is 36.3 Å². The second kappa shape index (κ2) is 16.4. The van der Waals surface area contributed by atoms with Crippen LogP contribution >= 0.6 is 11.6 Å². The number of nitrogens with two attached hydrogens (primary N) is 1. The molecule has 0 radical (unpaired) electrons. The Kier molecular flexibility index (Phi) is 11.0. The van der Waals surface area contributed by atoms with Crippen molar-refractivity contribution in [3.8, 4) is 34.6 Å². The van der Waals surface area contributed by atoms with Crippen molar-refractivity contribution in [1.29, 1.82) is 0 Å². The average molecular weight is 867 g/mol. The standard InChI is InChI=1S/C19H19F2N7O2.C10H12N4O.C9H8ClF2N3O/c1-11-7-27(10-24-11)16-14(29-2)3-12(5-22-16)25-18-23-6-15-17(26-18)28-9-19(20,21)4-13(28)8-30-15;1-7-5-14(6-13-7)10-9(15-2)3-8(11)4-12-10;10-8-13-2-6-7(14-8)15-4-9(11,12)1-5(15)3-16-6/h3,5-7,10,13H,4,8-9H2,1-2H3,(H,23,25,26);3-6H,11H2,1-2H3;2,5H,1,3-4H2/t13-;;5-/m0.0/s1. The van der Waals surface area contributed by atoms with Crippen LogP contribution in [-0.4, -0.2) is 113 Å². The van der Waals surface area contributed by atoms with E-state index in [-0.39, 0.29) is 56.4 Å². The number of hydrogen-bond donors (Lipinski definition) is 2. The average Bonchev–Trinajstić information content (AvgIpc) is 4.02. The molecule has 0 aliphatic carbocycles. The first-order valence-electron chi connectivity index (χ1n) is 18.7. The van der Waals surface area contributed by atoms with Crippen molar-refractivity contribution < 1.29 is 36.5 Å². The summed E-state index contributed by atoms with van der Waals surface area (Å²) in [5, 5.41) is 3.09. The Bertz CT molecular complexity index is 2540. The highest BCUT2D eigenvalue weighted by Crippen LogP contribution is 2.43. The molecule has 0 saturated carbocycles. The zero-order valence-corrected chi connectivity index (χ0v) is 33.9. The van der Waals surface area contributed by atoms with Gasteiger partial charge in [-0.3, -0.25) is 9.13 Å². The lowest BCUT2D eigenvalue weighted by Crippen LogP contribution is -2.39. The van der Waals surface area contributed by atoms with Crippen molar-refractivity contribution in [2.24, 2.45) is 0 Å². The molecule has 0 unspecified atom stereocenters. The van der Waals surface area contributed by atoms with E-state index in [0.29, 0.717) is 57.6 Å². The van der Waals surface area contributed by atoms with E-state index in [0.717, 1.165) is 11.4 Å². The molecule has 0 amide bonds. The van der Waals surface area contributed by atoms with Crippen molar-refractivity contribution in [3.05, 3.63) is 78.6 Å². The summed E-state index contributed by atoms with van der Waals surface area (Å²) in [6.45, 7) is 3.54. The molecule has 2 saturated heterocycles. The summed E-state index contributed by atoms with van der Waals surface area (Å²) in [6.07, 6.45) is 12.7. The Hall–Kier alpha value is -6.71. The van der Waals surface area contributed by atoms with Gasteiger partial charge < -0.3 is 39.8 Å². The SMILES string of the molecule is COc1cc(N)cnc1-n1cnc(C)c1.COc1cc(Nc2ncc3c(n2)N2CC(F)(F)C[C@H]2CO3)cnc1-n1cnc(C)c1.FC1(F)C[C@H]2COc3cnc(Cl)nc3N2C1. The summed E-state index contributed by atoms with van der Waals surface area (Å²) in [5.41, 5.74) is 8.57. The van der Waals surface area contributed by atoms with Gasteiger partial charge in [0.1, 0.15) is 25.9 Å². The minimum absolute atomic E-state index is 0.0400. The molecule has 23 heteroatoms. The lowest BCUT2D eigenvalue weighted by Gasteiger charge is -2.31. The van der Waals surface area contributed by atoms with Crippen molar-refractivity contribution in [2.75, 3.05) is 61.4 Å². The fourth-order valence-corrected chi connectivity index (χ4v) is 7.32. The number of nitrogen functional groups attached to an aromatic ring is 1. The molecule has 4 aliphatic heterocycles. The third-order valence-electron chi connectivity index (χ3n) is 9.90. The number of halogens is 5. The minimum atomic E-state index is -2.76. The fourth-order valence-electron chi connectivity index (χ4n) is 7.19. The lowest BCUT2D eigenvalue weighted by molar-refractivity contribution is 0.0204. The molecular weight excluding hydrogens is 828 g/mol. The highest BCUT2D eigenvalue weighted by atomic mass is 35.5. The number of hydrogen-bond acceptors (Lipinski definition) is 16. The smallest absolute Gasteiger partial charge is 0.267 e. The van der Waals surface area contributed by atoms with Gasteiger partial charge in [-0.2, -0.15) is 9.97 Å². The Morgan fingerprint density at radius 3 is 1.77 bits per heavy atom. The Morgan fingerprint density at radius 1 is 0.705 bits per heavy atom. The molecule has 2 fully saturated rings. The number of pyridine rings is 2. The predicted octanol–water partition coefficient (Wildman–Crippen LogP) is 5.63. The van der Waals surface area contributed by atoms with Gasteiger partial charge in [0.15, 0.2) is 46.3 Å². The van der Waals surface area contributed by atoms with Crippen molar-refractivity contribution in [2.45, 2.75) is 50.6 Å². The zero-order valence-electron chi connectivity index (χ0n) is 33.1. The number of ether oxygens (including phenoxy) is 4. The molecule has 320 valence electrons. The predicted molar refractivity (Wildman–Crippen MR) is 214 cm³/mol. The Labute approximate surface area is 350 Å². The van der Waals surface area contributed by atoms with E-state index in [2.05, 4.69) is 45.2 Å². The number of rotatable bonds is 6. The van der Waals surface area contributed by atoms with Gasteiger partial charge in [0.2, 0.25) is 11.2 Å². The topological polar surface area (TPSA) is 194 Å². The fraction of sp³-hybridized carbons (Fsp3) is 0.368. The van der Waals surface area contributed by atoms with Crippen LogP contribution in [0.15, 0.2) is 62.0 Å². The summed E-state index contributed by atoms with van der Waals surface area (Å²) < 4.78 is 79.4.